The summed E-state index contributed by atoms with van der Waals surface area (Å²) in [6.07, 6.45) is 2.64. The van der Waals surface area contributed by atoms with Crippen molar-refractivity contribution in [2.24, 2.45) is 16.9 Å². The maximum absolute atomic E-state index is 12.4. The summed E-state index contributed by atoms with van der Waals surface area (Å²) >= 11 is 0. The molecular weight excluding hydrogens is 224 g/mol. The third-order valence-corrected chi connectivity index (χ3v) is 3.63. The first kappa shape index (κ1) is 12.8. The fourth-order valence-electron chi connectivity index (χ4n) is 2.07. The number of rotatable bonds is 3. The van der Waals surface area contributed by atoms with E-state index < -0.39 is 0 Å². The molecule has 0 bridgehead atoms. The highest BCUT2D eigenvalue weighted by atomic mass is 16.2. The number of hydrogen-bond donors (Lipinski definition) is 0. The van der Waals surface area contributed by atoms with Crippen LogP contribution in [0.4, 0.5) is 0 Å². The van der Waals surface area contributed by atoms with Crippen LogP contribution in [0.1, 0.15) is 38.8 Å². The number of benzene rings is 1. The molecule has 2 unspecified atom stereocenters. The Bertz CT molecular complexity index is 439. The predicted molar refractivity (Wildman–Crippen MR) is 73.1 cm³/mol. The second-order valence-electron chi connectivity index (χ2n) is 5.18. The molecule has 0 aliphatic carbocycles. The predicted octanol–water partition coefficient (Wildman–Crippen LogP) is 3.24. The normalized spacial score (nSPS) is 20.4. The summed E-state index contributed by atoms with van der Waals surface area (Å²) in [6.45, 7) is 6.11. The lowest BCUT2D eigenvalue weighted by Crippen LogP contribution is -2.33. The molecule has 0 fully saturated rings. The Labute approximate surface area is 108 Å². The van der Waals surface area contributed by atoms with Crippen molar-refractivity contribution >= 4 is 12.1 Å². The van der Waals surface area contributed by atoms with Crippen LogP contribution >= 0.6 is 0 Å². The van der Waals surface area contributed by atoms with Gasteiger partial charge in [-0.1, -0.05) is 51.1 Å². The van der Waals surface area contributed by atoms with E-state index in [-0.39, 0.29) is 17.9 Å². The monoisotopic (exact) mass is 244 g/mol. The first-order valence-electron chi connectivity index (χ1n) is 6.51. The Balaban J connectivity index is 2.18. The van der Waals surface area contributed by atoms with E-state index >= 15 is 0 Å². The van der Waals surface area contributed by atoms with Gasteiger partial charge in [0.05, 0.1) is 6.04 Å². The van der Waals surface area contributed by atoms with Crippen LogP contribution < -0.4 is 0 Å². The van der Waals surface area contributed by atoms with Crippen molar-refractivity contribution in [2.45, 2.75) is 33.2 Å². The highest BCUT2D eigenvalue weighted by Gasteiger charge is 2.31. The zero-order valence-electron chi connectivity index (χ0n) is 11.2. The third-order valence-electron chi connectivity index (χ3n) is 3.63. The van der Waals surface area contributed by atoms with Gasteiger partial charge in [0.1, 0.15) is 0 Å². The van der Waals surface area contributed by atoms with E-state index in [1.807, 2.05) is 31.3 Å². The lowest BCUT2D eigenvalue weighted by atomic mass is 9.95. The Hall–Kier alpha value is -1.64. The minimum atomic E-state index is 0.00598. The Morgan fingerprint density at radius 1 is 1.28 bits per heavy atom. The van der Waals surface area contributed by atoms with E-state index in [9.17, 15) is 4.79 Å². The summed E-state index contributed by atoms with van der Waals surface area (Å²) < 4.78 is 0. The van der Waals surface area contributed by atoms with Crippen molar-refractivity contribution in [3.8, 4) is 0 Å². The largest absolute Gasteiger partial charge is 0.273 e. The van der Waals surface area contributed by atoms with Gasteiger partial charge in [-0.2, -0.15) is 5.10 Å². The van der Waals surface area contributed by atoms with Crippen molar-refractivity contribution < 1.29 is 4.79 Å². The maximum atomic E-state index is 12.4. The minimum Gasteiger partial charge on any atom is -0.273 e. The summed E-state index contributed by atoms with van der Waals surface area (Å²) in [7, 11) is 0. The molecule has 3 nitrogen and oxygen atoms in total. The molecule has 0 spiro atoms. The second-order valence-corrected chi connectivity index (χ2v) is 5.18. The van der Waals surface area contributed by atoms with Crippen LogP contribution in [-0.4, -0.2) is 17.1 Å². The highest BCUT2D eigenvalue weighted by molar-refractivity contribution is 5.81. The number of nitrogens with zero attached hydrogens (tertiary/aromatic N) is 2. The molecule has 0 saturated heterocycles. The van der Waals surface area contributed by atoms with E-state index in [0.29, 0.717) is 5.92 Å². The molecule has 2 rings (SSSR count). The Morgan fingerprint density at radius 3 is 2.56 bits per heavy atom. The summed E-state index contributed by atoms with van der Waals surface area (Å²) in [5.74, 6) is 0.462. The Morgan fingerprint density at radius 2 is 1.94 bits per heavy atom. The van der Waals surface area contributed by atoms with Crippen LogP contribution in [0.5, 0.6) is 0 Å². The van der Waals surface area contributed by atoms with Crippen LogP contribution in [0.15, 0.2) is 35.4 Å². The molecule has 0 aromatic heterocycles. The Kier molecular flexibility index (Phi) is 3.80. The van der Waals surface area contributed by atoms with Gasteiger partial charge in [-0.15, -0.1) is 0 Å². The topological polar surface area (TPSA) is 32.7 Å². The van der Waals surface area contributed by atoms with E-state index in [2.05, 4.69) is 31.1 Å². The molecule has 1 heterocycles. The van der Waals surface area contributed by atoms with Crippen molar-refractivity contribution in [1.29, 1.82) is 0 Å². The van der Waals surface area contributed by atoms with Gasteiger partial charge in [-0.25, -0.2) is 5.01 Å². The van der Waals surface area contributed by atoms with Crippen LogP contribution in [0.2, 0.25) is 0 Å². The SMILES string of the molecule is CC(C)C(C)C(=O)N1N=CCC1c1ccccc1. The van der Waals surface area contributed by atoms with Gasteiger partial charge in [-0.3, -0.25) is 4.79 Å². The average molecular weight is 244 g/mol. The lowest BCUT2D eigenvalue weighted by molar-refractivity contribution is -0.138. The van der Waals surface area contributed by atoms with E-state index in [4.69, 9.17) is 0 Å². The number of carbonyl (C=O) groups excluding carboxylic acids is 1. The highest BCUT2D eigenvalue weighted by Crippen LogP contribution is 2.30. The van der Waals surface area contributed by atoms with E-state index in [1.54, 1.807) is 5.01 Å². The second kappa shape index (κ2) is 5.34. The van der Waals surface area contributed by atoms with Gasteiger partial charge in [0.25, 0.3) is 0 Å². The standard InChI is InChI=1S/C15H20N2O/c1-11(2)12(3)15(18)17-14(9-10-16-17)13-7-5-4-6-8-13/h4-8,10-12,14H,9H2,1-3H3. The lowest BCUT2D eigenvalue weighted by Gasteiger charge is -2.26. The molecule has 1 aliphatic rings. The number of hydrazone groups is 1. The first-order chi connectivity index (χ1) is 8.61. The van der Waals surface area contributed by atoms with Gasteiger partial charge in [0.2, 0.25) is 5.91 Å². The third kappa shape index (κ3) is 2.45. The van der Waals surface area contributed by atoms with E-state index in [0.717, 1.165) is 12.0 Å². The van der Waals surface area contributed by atoms with Gasteiger partial charge < -0.3 is 0 Å². The van der Waals surface area contributed by atoms with Gasteiger partial charge in [0, 0.05) is 18.6 Å². The van der Waals surface area contributed by atoms with Crippen LogP contribution in [0.25, 0.3) is 0 Å². The fraction of sp³-hybridized carbons (Fsp3) is 0.467. The van der Waals surface area contributed by atoms with Crippen molar-refractivity contribution in [2.75, 3.05) is 0 Å². The molecule has 2 atom stereocenters. The number of hydrogen-bond acceptors (Lipinski definition) is 2. The quantitative estimate of drug-likeness (QED) is 0.803. The minimum absolute atomic E-state index is 0.00598. The van der Waals surface area contributed by atoms with Crippen LogP contribution in [0.3, 0.4) is 0 Å². The smallest absolute Gasteiger partial charge is 0.246 e. The van der Waals surface area contributed by atoms with Crippen molar-refractivity contribution in [3.05, 3.63) is 35.9 Å². The summed E-state index contributed by atoms with van der Waals surface area (Å²) in [4.78, 5) is 12.4. The average Bonchev–Trinajstić information content (AvgIpc) is 2.87. The fourth-order valence-corrected chi connectivity index (χ4v) is 2.07. The van der Waals surface area contributed by atoms with Crippen LogP contribution in [0, 0.1) is 11.8 Å². The van der Waals surface area contributed by atoms with Gasteiger partial charge in [-0.05, 0) is 11.5 Å². The van der Waals surface area contributed by atoms with Gasteiger partial charge in [0.15, 0.2) is 0 Å². The molecule has 3 heteroatoms. The zero-order valence-corrected chi connectivity index (χ0v) is 11.2. The summed E-state index contributed by atoms with van der Waals surface area (Å²) in [5.41, 5.74) is 1.15. The molecule has 1 aliphatic heterocycles. The van der Waals surface area contributed by atoms with Crippen molar-refractivity contribution in [1.82, 2.24) is 5.01 Å². The molecule has 1 aromatic rings. The molecule has 1 aromatic carbocycles. The molecule has 0 radical (unpaired) electrons. The maximum Gasteiger partial charge on any atom is 0.246 e. The first-order valence-corrected chi connectivity index (χ1v) is 6.51. The molecular formula is C15H20N2O. The van der Waals surface area contributed by atoms with Crippen LogP contribution in [-0.2, 0) is 4.79 Å². The van der Waals surface area contributed by atoms with Crippen molar-refractivity contribution in [3.63, 3.8) is 0 Å². The molecule has 96 valence electrons. The summed E-state index contributed by atoms with van der Waals surface area (Å²) in [5, 5.41) is 5.91. The molecule has 18 heavy (non-hydrogen) atoms. The molecule has 1 amide bonds. The molecule has 0 saturated carbocycles. The molecule has 0 N–H and O–H groups in total. The van der Waals surface area contributed by atoms with Gasteiger partial charge >= 0.3 is 0 Å². The zero-order chi connectivity index (χ0) is 13.1. The number of amides is 1. The number of carbonyl (C=O) groups is 1. The van der Waals surface area contributed by atoms with E-state index in [1.165, 1.54) is 0 Å². The summed E-state index contributed by atoms with van der Waals surface area (Å²) in [6, 6.07) is 10.2.